The second-order valence-corrected chi connectivity index (χ2v) is 10.3. The molecule has 0 spiro atoms. The molecule has 4 rings (SSSR count). The maximum Gasteiger partial charge on any atom is 0.335 e. The van der Waals surface area contributed by atoms with Gasteiger partial charge in [-0.2, -0.15) is 0 Å². The van der Waals surface area contributed by atoms with Crippen LogP contribution in [0.25, 0.3) is 11.1 Å². The van der Waals surface area contributed by atoms with Crippen molar-refractivity contribution in [2.45, 2.75) is 13.5 Å². The number of aryl methyl sites for hydroxylation is 1. The minimum Gasteiger partial charge on any atom is -0.478 e. The molecule has 0 amide bonds. The van der Waals surface area contributed by atoms with E-state index >= 15 is 0 Å². The highest BCUT2D eigenvalue weighted by molar-refractivity contribution is 7.92. The predicted octanol–water partition coefficient (Wildman–Crippen LogP) is 6.26. The van der Waals surface area contributed by atoms with Crippen LogP contribution < -0.4 is 9.04 Å². The fourth-order valence-corrected chi connectivity index (χ4v) is 4.67. The van der Waals surface area contributed by atoms with Crippen LogP contribution in [0, 0.1) is 12.7 Å². The van der Waals surface area contributed by atoms with E-state index in [-0.39, 0.29) is 17.9 Å². The molecular weight excluding hydrogens is 481 g/mol. The first-order valence-electron chi connectivity index (χ1n) is 11.0. The van der Waals surface area contributed by atoms with Crippen molar-refractivity contribution in [1.82, 2.24) is 0 Å². The Morgan fingerprint density at radius 1 is 0.889 bits per heavy atom. The van der Waals surface area contributed by atoms with Gasteiger partial charge in [0.1, 0.15) is 17.3 Å². The molecule has 0 aromatic heterocycles. The zero-order valence-corrected chi connectivity index (χ0v) is 20.5. The van der Waals surface area contributed by atoms with Crippen LogP contribution in [0.3, 0.4) is 0 Å². The number of rotatable bonds is 8. The molecule has 8 heteroatoms. The SMILES string of the molecule is Cc1cc(N(Cc2ccc(C(=O)O)cc2)S(C)(=O)=O)ccc1-c1ccc(Oc2ccc(F)cc2)cc1. The standard InChI is InChI=1S/C28H24FNO5S/c1-19-17-24(30(36(2,33)34)18-20-3-5-22(6-4-20)28(31)32)11-16-27(19)21-7-12-25(13-8-21)35-26-14-9-23(29)10-15-26/h3-17H,18H2,1-2H3,(H,31,32). The van der Waals surface area contributed by atoms with Crippen LogP contribution in [0.1, 0.15) is 21.5 Å². The highest BCUT2D eigenvalue weighted by Gasteiger charge is 2.19. The Labute approximate surface area is 209 Å². The minimum absolute atomic E-state index is 0.0763. The Morgan fingerprint density at radius 3 is 2.00 bits per heavy atom. The second-order valence-electron chi connectivity index (χ2n) is 8.35. The van der Waals surface area contributed by atoms with Crippen molar-refractivity contribution in [3.63, 3.8) is 0 Å². The summed E-state index contributed by atoms with van der Waals surface area (Å²) in [5.74, 6) is -0.232. The maximum absolute atomic E-state index is 13.1. The number of carbonyl (C=O) groups is 1. The number of ether oxygens (including phenoxy) is 1. The fourth-order valence-electron chi connectivity index (χ4n) is 3.79. The number of carboxylic acid groups (broad SMARTS) is 1. The van der Waals surface area contributed by atoms with Gasteiger partial charge in [0, 0.05) is 0 Å². The Bertz CT molecular complexity index is 1480. The number of hydrogen-bond acceptors (Lipinski definition) is 4. The lowest BCUT2D eigenvalue weighted by atomic mass is 10.00. The topological polar surface area (TPSA) is 83.9 Å². The predicted molar refractivity (Wildman–Crippen MR) is 138 cm³/mol. The molecule has 4 aromatic rings. The zero-order chi connectivity index (χ0) is 25.9. The molecular formula is C28H24FNO5S. The summed E-state index contributed by atoms with van der Waals surface area (Å²) >= 11 is 0. The molecule has 6 nitrogen and oxygen atoms in total. The Balaban J connectivity index is 1.55. The Morgan fingerprint density at radius 2 is 1.47 bits per heavy atom. The molecule has 1 N–H and O–H groups in total. The number of carboxylic acids is 1. The summed E-state index contributed by atoms with van der Waals surface area (Å²) in [4.78, 5) is 11.1. The van der Waals surface area contributed by atoms with Gasteiger partial charge in [0.05, 0.1) is 24.1 Å². The first-order valence-corrected chi connectivity index (χ1v) is 12.9. The van der Waals surface area contributed by atoms with Gasteiger partial charge in [-0.25, -0.2) is 17.6 Å². The fraction of sp³-hybridized carbons (Fsp3) is 0.107. The van der Waals surface area contributed by atoms with E-state index in [9.17, 15) is 17.6 Å². The van der Waals surface area contributed by atoms with Gasteiger partial charge in [-0.15, -0.1) is 0 Å². The van der Waals surface area contributed by atoms with Crippen molar-refractivity contribution in [3.05, 3.63) is 114 Å². The van der Waals surface area contributed by atoms with Crippen molar-refractivity contribution < 1.29 is 27.4 Å². The van der Waals surface area contributed by atoms with E-state index in [1.54, 1.807) is 30.3 Å². The van der Waals surface area contributed by atoms with E-state index in [1.807, 2.05) is 43.3 Å². The van der Waals surface area contributed by atoms with Gasteiger partial charge in [-0.05, 0) is 89.8 Å². The van der Waals surface area contributed by atoms with E-state index in [4.69, 9.17) is 9.84 Å². The average Bonchev–Trinajstić information content (AvgIpc) is 2.84. The van der Waals surface area contributed by atoms with E-state index in [2.05, 4.69) is 0 Å². The normalized spacial score (nSPS) is 11.2. The average molecular weight is 506 g/mol. The summed E-state index contributed by atoms with van der Waals surface area (Å²) in [6, 6.07) is 24.8. The molecule has 0 aliphatic carbocycles. The summed E-state index contributed by atoms with van der Waals surface area (Å²) in [5.41, 5.74) is 4.07. The number of aromatic carboxylic acids is 1. The van der Waals surface area contributed by atoms with Crippen molar-refractivity contribution in [2.75, 3.05) is 10.6 Å². The third-order valence-corrected chi connectivity index (χ3v) is 6.78. The monoisotopic (exact) mass is 505 g/mol. The first-order chi connectivity index (χ1) is 17.1. The van der Waals surface area contributed by atoms with Crippen molar-refractivity contribution in [3.8, 4) is 22.6 Å². The molecule has 0 heterocycles. The molecule has 0 saturated heterocycles. The smallest absolute Gasteiger partial charge is 0.335 e. The summed E-state index contributed by atoms with van der Waals surface area (Å²) in [6.07, 6.45) is 1.14. The second kappa shape index (κ2) is 10.2. The van der Waals surface area contributed by atoms with Gasteiger partial charge >= 0.3 is 5.97 Å². The minimum atomic E-state index is -3.60. The molecule has 0 fully saturated rings. The van der Waals surface area contributed by atoms with Gasteiger partial charge < -0.3 is 9.84 Å². The molecule has 0 aliphatic heterocycles. The highest BCUT2D eigenvalue weighted by atomic mass is 32.2. The van der Waals surface area contributed by atoms with E-state index < -0.39 is 16.0 Å². The van der Waals surface area contributed by atoms with Gasteiger partial charge in [0.15, 0.2) is 0 Å². The Hall–Kier alpha value is -4.17. The lowest BCUT2D eigenvalue weighted by Crippen LogP contribution is -2.29. The van der Waals surface area contributed by atoms with E-state index in [0.717, 1.165) is 22.9 Å². The lowest BCUT2D eigenvalue weighted by Gasteiger charge is -2.24. The quantitative estimate of drug-likeness (QED) is 0.306. The van der Waals surface area contributed by atoms with Crippen molar-refractivity contribution >= 4 is 21.7 Å². The molecule has 0 bridgehead atoms. The van der Waals surface area contributed by atoms with Crippen LogP contribution in [0.15, 0.2) is 91.0 Å². The largest absolute Gasteiger partial charge is 0.478 e. The highest BCUT2D eigenvalue weighted by Crippen LogP contribution is 2.31. The van der Waals surface area contributed by atoms with Crippen LogP contribution >= 0.6 is 0 Å². The van der Waals surface area contributed by atoms with Gasteiger partial charge in [-0.3, -0.25) is 4.31 Å². The third-order valence-electron chi connectivity index (χ3n) is 5.64. The first kappa shape index (κ1) is 24.9. The summed E-state index contributed by atoms with van der Waals surface area (Å²) in [5, 5.41) is 9.08. The molecule has 0 unspecified atom stereocenters. The van der Waals surface area contributed by atoms with Crippen molar-refractivity contribution in [2.24, 2.45) is 0 Å². The van der Waals surface area contributed by atoms with Crippen LogP contribution in [-0.4, -0.2) is 25.7 Å². The molecule has 0 atom stereocenters. The number of anilines is 1. The number of sulfonamides is 1. The van der Waals surface area contributed by atoms with Crippen LogP contribution in [-0.2, 0) is 16.6 Å². The van der Waals surface area contributed by atoms with Crippen LogP contribution in [0.5, 0.6) is 11.5 Å². The van der Waals surface area contributed by atoms with E-state index in [0.29, 0.717) is 22.7 Å². The zero-order valence-electron chi connectivity index (χ0n) is 19.7. The Kier molecular flexibility index (Phi) is 7.07. The summed E-state index contributed by atoms with van der Waals surface area (Å²) in [6.45, 7) is 1.98. The number of hydrogen-bond donors (Lipinski definition) is 1. The molecule has 36 heavy (non-hydrogen) atoms. The van der Waals surface area contributed by atoms with E-state index in [1.165, 1.54) is 28.6 Å². The summed E-state index contributed by atoms with van der Waals surface area (Å²) in [7, 11) is -3.60. The van der Waals surface area contributed by atoms with Gasteiger partial charge in [0.2, 0.25) is 10.0 Å². The molecule has 0 radical (unpaired) electrons. The molecule has 0 aliphatic rings. The number of halogens is 1. The van der Waals surface area contributed by atoms with Gasteiger partial charge in [-0.1, -0.05) is 30.3 Å². The molecule has 4 aromatic carbocycles. The molecule has 0 saturated carbocycles. The number of nitrogens with zero attached hydrogens (tertiary/aromatic N) is 1. The van der Waals surface area contributed by atoms with Gasteiger partial charge in [0.25, 0.3) is 0 Å². The lowest BCUT2D eigenvalue weighted by molar-refractivity contribution is 0.0697. The third kappa shape index (κ3) is 5.90. The molecule has 184 valence electrons. The number of benzene rings is 4. The maximum atomic E-state index is 13.1. The van der Waals surface area contributed by atoms with Crippen LogP contribution in [0.2, 0.25) is 0 Å². The van der Waals surface area contributed by atoms with Crippen molar-refractivity contribution in [1.29, 1.82) is 0 Å². The van der Waals surface area contributed by atoms with Crippen LogP contribution in [0.4, 0.5) is 10.1 Å². The summed E-state index contributed by atoms with van der Waals surface area (Å²) < 4.78 is 45.3.